The largest absolute Gasteiger partial charge is 0.466 e. The van der Waals surface area contributed by atoms with Crippen LogP contribution in [0.15, 0.2) is 42.6 Å². The fraction of sp³-hybridized carbons (Fsp3) is 0.364. The summed E-state index contributed by atoms with van der Waals surface area (Å²) in [6.45, 7) is 4.39. The van der Waals surface area contributed by atoms with Crippen LogP contribution in [0, 0.1) is 5.82 Å². The molecule has 2 heterocycles. The van der Waals surface area contributed by atoms with Gasteiger partial charge in [-0.3, -0.25) is 14.4 Å². The van der Waals surface area contributed by atoms with Gasteiger partial charge >= 0.3 is 5.97 Å². The van der Waals surface area contributed by atoms with Crippen molar-refractivity contribution in [2.45, 2.75) is 19.8 Å². The van der Waals surface area contributed by atoms with Crippen LogP contribution in [0.5, 0.6) is 0 Å². The van der Waals surface area contributed by atoms with Crippen LogP contribution in [-0.2, 0) is 14.3 Å². The Morgan fingerprint density at radius 1 is 1.03 bits per heavy atom. The molecular weight excluding hydrogens is 403 g/mol. The maximum absolute atomic E-state index is 13.0. The third-order valence-electron chi connectivity index (χ3n) is 4.92. The van der Waals surface area contributed by atoms with Gasteiger partial charge in [-0.2, -0.15) is 0 Å². The van der Waals surface area contributed by atoms with E-state index in [9.17, 15) is 18.8 Å². The molecule has 1 aliphatic rings. The summed E-state index contributed by atoms with van der Waals surface area (Å²) >= 11 is 0. The predicted molar refractivity (Wildman–Crippen MR) is 113 cm³/mol. The van der Waals surface area contributed by atoms with Crippen LogP contribution in [0.1, 0.15) is 30.1 Å². The summed E-state index contributed by atoms with van der Waals surface area (Å²) < 4.78 is 17.8. The molecule has 0 saturated carbocycles. The highest BCUT2D eigenvalue weighted by Gasteiger charge is 2.22. The van der Waals surface area contributed by atoms with Gasteiger partial charge in [-0.05, 0) is 43.3 Å². The molecule has 2 amide bonds. The van der Waals surface area contributed by atoms with Gasteiger partial charge in [0.05, 0.1) is 24.9 Å². The van der Waals surface area contributed by atoms with Crippen molar-refractivity contribution in [3.63, 3.8) is 0 Å². The SMILES string of the molecule is CCOC(=O)CCC(=O)N1CCN(c2ccc(NC(=O)c3ccc(F)cc3)cn2)CC1. The van der Waals surface area contributed by atoms with Crippen molar-refractivity contribution >= 4 is 29.3 Å². The number of piperazine rings is 1. The van der Waals surface area contributed by atoms with E-state index >= 15 is 0 Å². The Labute approximate surface area is 180 Å². The molecule has 1 aromatic heterocycles. The molecule has 164 valence electrons. The van der Waals surface area contributed by atoms with Crippen LogP contribution in [-0.4, -0.2) is 60.5 Å². The van der Waals surface area contributed by atoms with Gasteiger partial charge in [-0.25, -0.2) is 9.37 Å². The molecule has 0 aliphatic carbocycles. The first kappa shape index (κ1) is 22.2. The van der Waals surface area contributed by atoms with Crippen molar-refractivity contribution < 1.29 is 23.5 Å². The van der Waals surface area contributed by atoms with E-state index in [0.29, 0.717) is 44.0 Å². The van der Waals surface area contributed by atoms with E-state index in [0.717, 1.165) is 5.82 Å². The molecule has 9 heteroatoms. The molecule has 1 N–H and O–H groups in total. The van der Waals surface area contributed by atoms with Gasteiger partial charge in [-0.1, -0.05) is 0 Å². The number of hydrogen-bond donors (Lipinski definition) is 1. The van der Waals surface area contributed by atoms with Gasteiger partial charge in [-0.15, -0.1) is 0 Å². The lowest BCUT2D eigenvalue weighted by Gasteiger charge is -2.35. The van der Waals surface area contributed by atoms with Crippen molar-refractivity contribution in [3.8, 4) is 0 Å². The van der Waals surface area contributed by atoms with Crippen molar-refractivity contribution in [2.75, 3.05) is 43.0 Å². The third kappa shape index (κ3) is 6.24. The number of anilines is 2. The standard InChI is InChI=1S/C22H25FN4O4/c1-2-31-21(29)10-9-20(28)27-13-11-26(12-14-27)19-8-7-18(15-24-19)25-22(30)16-3-5-17(23)6-4-16/h3-8,15H,2,9-14H2,1H3,(H,25,30). The summed E-state index contributed by atoms with van der Waals surface area (Å²) in [5.41, 5.74) is 0.889. The Morgan fingerprint density at radius 2 is 1.74 bits per heavy atom. The summed E-state index contributed by atoms with van der Waals surface area (Å²) in [4.78, 5) is 44.1. The average molecular weight is 428 g/mol. The van der Waals surface area contributed by atoms with Crippen LogP contribution in [0.3, 0.4) is 0 Å². The molecular formula is C22H25FN4O4. The number of rotatable bonds is 7. The fourth-order valence-corrected chi connectivity index (χ4v) is 3.24. The smallest absolute Gasteiger partial charge is 0.306 e. The Hall–Kier alpha value is -3.49. The number of hydrogen-bond acceptors (Lipinski definition) is 6. The summed E-state index contributed by atoms with van der Waals surface area (Å²) in [5.74, 6) is -0.406. The van der Waals surface area contributed by atoms with E-state index in [1.807, 2.05) is 0 Å². The van der Waals surface area contributed by atoms with Gasteiger partial charge < -0.3 is 19.9 Å². The highest BCUT2D eigenvalue weighted by molar-refractivity contribution is 6.04. The predicted octanol–water partition coefficient (Wildman–Crippen LogP) is 2.46. The van der Waals surface area contributed by atoms with E-state index in [2.05, 4.69) is 15.2 Å². The Kier molecular flexibility index (Phi) is 7.53. The zero-order valence-electron chi connectivity index (χ0n) is 17.3. The van der Waals surface area contributed by atoms with Crippen molar-refractivity contribution in [1.82, 2.24) is 9.88 Å². The van der Waals surface area contributed by atoms with E-state index < -0.39 is 5.82 Å². The summed E-state index contributed by atoms with van der Waals surface area (Å²) in [5, 5.41) is 2.73. The zero-order valence-corrected chi connectivity index (χ0v) is 17.3. The molecule has 0 unspecified atom stereocenters. The summed E-state index contributed by atoms with van der Waals surface area (Å²) in [6.07, 6.45) is 1.81. The van der Waals surface area contributed by atoms with Crippen LogP contribution in [0.4, 0.5) is 15.9 Å². The normalized spacial score (nSPS) is 13.6. The number of nitrogens with one attached hydrogen (secondary N) is 1. The van der Waals surface area contributed by atoms with E-state index in [1.54, 1.807) is 30.2 Å². The molecule has 1 saturated heterocycles. The van der Waals surface area contributed by atoms with Crippen molar-refractivity contribution in [3.05, 3.63) is 54.0 Å². The monoisotopic (exact) mass is 428 g/mol. The van der Waals surface area contributed by atoms with Crippen molar-refractivity contribution in [1.29, 1.82) is 0 Å². The lowest BCUT2D eigenvalue weighted by Crippen LogP contribution is -2.49. The van der Waals surface area contributed by atoms with Gasteiger partial charge in [0.2, 0.25) is 5.91 Å². The Bertz CT molecular complexity index is 910. The molecule has 0 spiro atoms. The zero-order chi connectivity index (χ0) is 22.2. The Balaban J connectivity index is 1.47. The minimum absolute atomic E-state index is 0.0560. The molecule has 0 bridgehead atoms. The number of carbonyl (C=O) groups excluding carboxylic acids is 3. The highest BCUT2D eigenvalue weighted by atomic mass is 19.1. The molecule has 1 aliphatic heterocycles. The van der Waals surface area contributed by atoms with Gasteiger partial charge in [0.15, 0.2) is 0 Å². The number of ether oxygens (including phenoxy) is 1. The number of nitrogens with zero attached hydrogens (tertiary/aromatic N) is 3. The van der Waals surface area contributed by atoms with Crippen molar-refractivity contribution in [2.24, 2.45) is 0 Å². The second-order valence-electron chi connectivity index (χ2n) is 7.04. The van der Waals surface area contributed by atoms with Gasteiger partial charge in [0, 0.05) is 38.2 Å². The fourth-order valence-electron chi connectivity index (χ4n) is 3.24. The summed E-state index contributed by atoms with van der Waals surface area (Å²) in [6, 6.07) is 8.86. The first-order valence-corrected chi connectivity index (χ1v) is 10.2. The molecule has 8 nitrogen and oxygen atoms in total. The number of amides is 2. The highest BCUT2D eigenvalue weighted by Crippen LogP contribution is 2.17. The van der Waals surface area contributed by atoms with Crippen LogP contribution >= 0.6 is 0 Å². The minimum atomic E-state index is -0.400. The van der Waals surface area contributed by atoms with Crippen LogP contribution in [0.25, 0.3) is 0 Å². The number of benzene rings is 1. The quantitative estimate of drug-likeness (QED) is 0.682. The first-order valence-electron chi connectivity index (χ1n) is 10.2. The average Bonchev–Trinajstić information content (AvgIpc) is 2.79. The maximum Gasteiger partial charge on any atom is 0.306 e. The van der Waals surface area contributed by atoms with Gasteiger partial charge in [0.25, 0.3) is 5.91 Å². The molecule has 2 aromatic rings. The number of pyridine rings is 1. The van der Waals surface area contributed by atoms with Crippen LogP contribution in [0.2, 0.25) is 0 Å². The second-order valence-corrected chi connectivity index (χ2v) is 7.04. The lowest BCUT2D eigenvalue weighted by molar-refractivity contribution is -0.145. The molecule has 0 radical (unpaired) electrons. The molecule has 31 heavy (non-hydrogen) atoms. The molecule has 0 atom stereocenters. The maximum atomic E-state index is 13.0. The molecule has 1 aromatic carbocycles. The second kappa shape index (κ2) is 10.5. The number of aromatic nitrogens is 1. The lowest BCUT2D eigenvalue weighted by atomic mass is 10.2. The van der Waals surface area contributed by atoms with Gasteiger partial charge in [0.1, 0.15) is 11.6 Å². The molecule has 1 fully saturated rings. The third-order valence-corrected chi connectivity index (χ3v) is 4.92. The number of carbonyl (C=O) groups is 3. The topological polar surface area (TPSA) is 91.8 Å². The van der Waals surface area contributed by atoms with Crippen LogP contribution < -0.4 is 10.2 Å². The molecule has 3 rings (SSSR count). The first-order chi connectivity index (χ1) is 15.0. The number of esters is 1. The Morgan fingerprint density at radius 3 is 2.35 bits per heavy atom. The van der Waals surface area contributed by atoms with E-state index in [1.165, 1.54) is 24.3 Å². The summed E-state index contributed by atoms with van der Waals surface area (Å²) in [7, 11) is 0. The minimum Gasteiger partial charge on any atom is -0.466 e. The van der Waals surface area contributed by atoms with E-state index in [-0.39, 0.29) is 30.6 Å². The number of halogens is 1. The van der Waals surface area contributed by atoms with E-state index in [4.69, 9.17) is 4.74 Å².